The molecule has 1 aromatic heterocycles. The fraction of sp³-hybridized carbons (Fsp3) is 0.353. The van der Waals surface area contributed by atoms with Gasteiger partial charge in [-0.1, -0.05) is 18.2 Å². The van der Waals surface area contributed by atoms with Gasteiger partial charge in [-0.2, -0.15) is 0 Å². The molecule has 2 aromatic rings. The topological polar surface area (TPSA) is 45.6 Å². The van der Waals surface area contributed by atoms with Crippen LogP contribution in [0.25, 0.3) is 0 Å². The summed E-state index contributed by atoms with van der Waals surface area (Å²) in [6.07, 6.45) is 2.99. The van der Waals surface area contributed by atoms with Crippen LogP contribution in [0.3, 0.4) is 0 Å². The number of ether oxygens (including phenoxy) is 1. The summed E-state index contributed by atoms with van der Waals surface area (Å²) in [5, 5.41) is 10.4. The van der Waals surface area contributed by atoms with Crippen molar-refractivity contribution in [3.05, 3.63) is 59.9 Å². The number of hydrogen-bond donors (Lipinski definition) is 1. The summed E-state index contributed by atoms with van der Waals surface area (Å²) in [7, 11) is 1.99. The summed E-state index contributed by atoms with van der Waals surface area (Å²) in [5.74, 6) is 0.754. The Labute approximate surface area is 126 Å². The lowest BCUT2D eigenvalue weighted by atomic mass is 10.1. The quantitative estimate of drug-likeness (QED) is 0.850. The second kappa shape index (κ2) is 7.76. The van der Waals surface area contributed by atoms with Crippen molar-refractivity contribution in [1.29, 1.82) is 0 Å². The molecule has 21 heavy (non-hydrogen) atoms. The summed E-state index contributed by atoms with van der Waals surface area (Å²) in [6.45, 7) is 3.86. The number of nitrogens with zero attached hydrogens (tertiary/aromatic N) is 2. The Balaban J connectivity index is 1.99. The van der Waals surface area contributed by atoms with Gasteiger partial charge in [0.05, 0.1) is 12.7 Å². The highest BCUT2D eigenvalue weighted by Crippen LogP contribution is 2.25. The molecule has 0 amide bonds. The summed E-state index contributed by atoms with van der Waals surface area (Å²) in [6, 6.07) is 11.6. The van der Waals surface area contributed by atoms with E-state index in [1.54, 1.807) is 12.4 Å². The van der Waals surface area contributed by atoms with Crippen molar-refractivity contribution in [2.75, 3.05) is 20.2 Å². The maximum atomic E-state index is 10.4. The Morgan fingerprint density at radius 1 is 1.19 bits per heavy atom. The fourth-order valence-electron chi connectivity index (χ4n) is 2.30. The van der Waals surface area contributed by atoms with Crippen LogP contribution in [-0.4, -0.2) is 35.2 Å². The minimum absolute atomic E-state index is 0.548. The summed E-state index contributed by atoms with van der Waals surface area (Å²) < 4.78 is 5.57. The second-order valence-corrected chi connectivity index (χ2v) is 5.04. The molecule has 1 N–H and O–H groups in total. The van der Waals surface area contributed by atoms with Crippen molar-refractivity contribution in [1.82, 2.24) is 9.88 Å². The monoisotopic (exact) mass is 286 g/mol. The number of pyridine rings is 1. The Bertz CT molecular complexity index is 545. The van der Waals surface area contributed by atoms with Crippen LogP contribution in [0, 0.1) is 0 Å². The molecule has 0 aliphatic carbocycles. The van der Waals surface area contributed by atoms with E-state index in [1.807, 2.05) is 50.4 Å². The molecule has 0 saturated heterocycles. The van der Waals surface area contributed by atoms with Crippen molar-refractivity contribution in [3.63, 3.8) is 0 Å². The van der Waals surface area contributed by atoms with Gasteiger partial charge in [0, 0.05) is 31.0 Å². The van der Waals surface area contributed by atoms with E-state index < -0.39 is 6.10 Å². The lowest BCUT2D eigenvalue weighted by Crippen LogP contribution is -2.24. The van der Waals surface area contributed by atoms with Gasteiger partial charge in [0.1, 0.15) is 5.75 Å². The summed E-state index contributed by atoms with van der Waals surface area (Å²) >= 11 is 0. The average Bonchev–Trinajstić information content (AvgIpc) is 2.49. The molecule has 112 valence electrons. The molecule has 0 spiro atoms. The largest absolute Gasteiger partial charge is 0.493 e. The highest BCUT2D eigenvalue weighted by Gasteiger charge is 2.15. The van der Waals surface area contributed by atoms with E-state index in [4.69, 9.17) is 4.74 Å². The van der Waals surface area contributed by atoms with Crippen LogP contribution < -0.4 is 4.74 Å². The highest BCUT2D eigenvalue weighted by molar-refractivity contribution is 5.35. The molecule has 1 heterocycles. The Hall–Kier alpha value is -1.91. The van der Waals surface area contributed by atoms with E-state index in [9.17, 15) is 5.11 Å². The van der Waals surface area contributed by atoms with Crippen molar-refractivity contribution < 1.29 is 9.84 Å². The van der Waals surface area contributed by atoms with Gasteiger partial charge in [-0.3, -0.25) is 9.88 Å². The normalized spacial score (nSPS) is 12.4. The van der Waals surface area contributed by atoms with Crippen LogP contribution in [-0.2, 0) is 6.54 Å². The van der Waals surface area contributed by atoms with Crippen molar-refractivity contribution in [2.45, 2.75) is 19.6 Å². The minimum Gasteiger partial charge on any atom is -0.493 e. The lowest BCUT2D eigenvalue weighted by Gasteiger charge is -2.22. The zero-order valence-electron chi connectivity index (χ0n) is 12.6. The van der Waals surface area contributed by atoms with Gasteiger partial charge >= 0.3 is 0 Å². The molecule has 0 aliphatic rings. The number of rotatable bonds is 7. The SMILES string of the molecule is CCOc1ccccc1C(O)CN(C)Cc1ccncc1. The summed E-state index contributed by atoms with van der Waals surface area (Å²) in [4.78, 5) is 6.09. The van der Waals surface area contributed by atoms with E-state index in [-0.39, 0.29) is 0 Å². The smallest absolute Gasteiger partial charge is 0.125 e. The van der Waals surface area contributed by atoms with Gasteiger partial charge in [0.25, 0.3) is 0 Å². The Morgan fingerprint density at radius 2 is 1.90 bits per heavy atom. The molecular formula is C17H22N2O2. The van der Waals surface area contributed by atoms with Crippen molar-refractivity contribution in [2.24, 2.45) is 0 Å². The van der Waals surface area contributed by atoms with E-state index in [2.05, 4.69) is 9.88 Å². The standard InChI is InChI=1S/C17H22N2O2/c1-3-21-17-7-5-4-6-15(17)16(20)13-19(2)12-14-8-10-18-11-9-14/h4-11,16,20H,3,12-13H2,1-2H3. The fourth-order valence-corrected chi connectivity index (χ4v) is 2.30. The highest BCUT2D eigenvalue weighted by atomic mass is 16.5. The van der Waals surface area contributed by atoms with Gasteiger partial charge in [-0.05, 0) is 37.7 Å². The van der Waals surface area contributed by atoms with Crippen molar-refractivity contribution in [3.8, 4) is 5.75 Å². The first-order valence-corrected chi connectivity index (χ1v) is 7.18. The molecule has 2 rings (SSSR count). The number of likely N-dealkylation sites (N-methyl/N-ethyl adjacent to an activating group) is 1. The molecule has 4 nitrogen and oxygen atoms in total. The maximum absolute atomic E-state index is 10.4. The van der Waals surface area contributed by atoms with E-state index in [0.29, 0.717) is 13.2 Å². The van der Waals surface area contributed by atoms with Crippen LogP contribution in [0.5, 0.6) is 5.75 Å². The third-order valence-electron chi connectivity index (χ3n) is 3.26. The van der Waals surface area contributed by atoms with Crippen LogP contribution >= 0.6 is 0 Å². The molecule has 0 bridgehead atoms. The first kappa shape index (κ1) is 15.5. The number of aliphatic hydroxyl groups is 1. The molecule has 0 saturated carbocycles. The lowest BCUT2D eigenvalue weighted by molar-refractivity contribution is 0.120. The van der Waals surface area contributed by atoms with Crippen molar-refractivity contribution >= 4 is 0 Å². The first-order valence-electron chi connectivity index (χ1n) is 7.18. The predicted molar refractivity (Wildman–Crippen MR) is 83.1 cm³/mol. The Kier molecular flexibility index (Phi) is 5.72. The second-order valence-electron chi connectivity index (χ2n) is 5.04. The van der Waals surface area contributed by atoms with Crippen LogP contribution in [0.1, 0.15) is 24.2 Å². The molecule has 0 aliphatic heterocycles. The third kappa shape index (κ3) is 4.55. The molecule has 0 radical (unpaired) electrons. The summed E-state index contributed by atoms with van der Waals surface area (Å²) in [5.41, 5.74) is 2.01. The van der Waals surface area contributed by atoms with E-state index in [1.165, 1.54) is 5.56 Å². The first-order chi connectivity index (χ1) is 10.2. The molecule has 1 atom stereocenters. The zero-order chi connectivity index (χ0) is 15.1. The number of aliphatic hydroxyl groups excluding tert-OH is 1. The molecule has 4 heteroatoms. The molecule has 1 aromatic carbocycles. The Morgan fingerprint density at radius 3 is 2.62 bits per heavy atom. The van der Waals surface area contributed by atoms with Gasteiger partial charge in [0.2, 0.25) is 0 Å². The van der Waals surface area contributed by atoms with Crippen LogP contribution in [0.15, 0.2) is 48.8 Å². The van der Waals surface area contributed by atoms with E-state index >= 15 is 0 Å². The molecule has 1 unspecified atom stereocenters. The molecule has 0 fully saturated rings. The van der Waals surface area contributed by atoms with Gasteiger partial charge in [-0.15, -0.1) is 0 Å². The third-order valence-corrected chi connectivity index (χ3v) is 3.26. The van der Waals surface area contributed by atoms with Gasteiger partial charge < -0.3 is 9.84 Å². The maximum Gasteiger partial charge on any atom is 0.125 e. The van der Waals surface area contributed by atoms with E-state index in [0.717, 1.165) is 17.9 Å². The molecular weight excluding hydrogens is 264 g/mol. The number of para-hydroxylation sites is 1. The average molecular weight is 286 g/mol. The minimum atomic E-state index is -0.570. The zero-order valence-corrected chi connectivity index (χ0v) is 12.6. The van der Waals surface area contributed by atoms with Crippen LogP contribution in [0.4, 0.5) is 0 Å². The number of aromatic nitrogens is 1. The predicted octanol–water partition coefficient (Wildman–Crippen LogP) is 2.65. The number of benzene rings is 1. The number of hydrogen-bond acceptors (Lipinski definition) is 4. The van der Waals surface area contributed by atoms with Gasteiger partial charge in [0.15, 0.2) is 0 Å². The van der Waals surface area contributed by atoms with Gasteiger partial charge in [-0.25, -0.2) is 0 Å². The van der Waals surface area contributed by atoms with Crippen LogP contribution in [0.2, 0.25) is 0 Å².